The summed E-state index contributed by atoms with van der Waals surface area (Å²) in [7, 11) is 3.88. The third-order valence-corrected chi connectivity index (χ3v) is 2.64. The summed E-state index contributed by atoms with van der Waals surface area (Å²) < 4.78 is 0. The van der Waals surface area contributed by atoms with Crippen molar-refractivity contribution < 1.29 is 4.79 Å². The highest BCUT2D eigenvalue weighted by atomic mass is 35.5. The predicted molar refractivity (Wildman–Crippen MR) is 77.4 cm³/mol. The molecule has 0 aliphatic rings. The van der Waals surface area contributed by atoms with Crippen molar-refractivity contribution in [1.82, 2.24) is 4.90 Å². The second-order valence-corrected chi connectivity index (χ2v) is 4.76. The van der Waals surface area contributed by atoms with Gasteiger partial charge in [-0.3, -0.25) is 4.79 Å². The molecule has 1 aromatic rings. The summed E-state index contributed by atoms with van der Waals surface area (Å²) in [5, 5.41) is 6.68. The van der Waals surface area contributed by atoms with E-state index in [0.717, 1.165) is 24.5 Å². The second-order valence-electron chi connectivity index (χ2n) is 4.32. The Morgan fingerprint density at radius 3 is 2.67 bits per heavy atom. The molecule has 0 spiro atoms. The fraction of sp³-hybridized carbons (Fsp3) is 0.462. The molecule has 0 aliphatic carbocycles. The minimum absolute atomic E-state index is 0.00915. The molecule has 0 unspecified atom stereocenters. The van der Waals surface area contributed by atoms with E-state index in [0.29, 0.717) is 11.4 Å². The van der Waals surface area contributed by atoms with E-state index >= 15 is 0 Å². The molecule has 4 nitrogen and oxygen atoms in total. The first-order valence-corrected chi connectivity index (χ1v) is 6.38. The van der Waals surface area contributed by atoms with E-state index in [1.54, 1.807) is 12.1 Å². The minimum atomic E-state index is -0.00915. The molecule has 100 valence electrons. The molecule has 0 radical (unpaired) electrons. The molecule has 0 fully saturated rings. The molecule has 18 heavy (non-hydrogen) atoms. The van der Waals surface area contributed by atoms with Crippen molar-refractivity contribution in [2.75, 3.05) is 37.8 Å². The third kappa shape index (κ3) is 4.94. The van der Waals surface area contributed by atoms with Gasteiger partial charge in [0.1, 0.15) is 0 Å². The van der Waals surface area contributed by atoms with Crippen LogP contribution < -0.4 is 10.6 Å². The van der Waals surface area contributed by atoms with Gasteiger partial charge in [0, 0.05) is 24.5 Å². The summed E-state index contributed by atoms with van der Waals surface area (Å²) in [5.41, 5.74) is 1.62. The maximum atomic E-state index is 11.8. The number of anilines is 2. The largest absolute Gasteiger partial charge is 0.384 e. The molecule has 0 atom stereocenters. The van der Waals surface area contributed by atoms with Gasteiger partial charge in [-0.05, 0) is 39.2 Å². The van der Waals surface area contributed by atoms with Gasteiger partial charge in [-0.1, -0.05) is 11.6 Å². The second kappa shape index (κ2) is 7.24. The highest BCUT2D eigenvalue weighted by molar-refractivity contribution is 6.31. The van der Waals surface area contributed by atoms with Crippen LogP contribution in [0.1, 0.15) is 13.3 Å². The number of nitrogens with one attached hydrogen (secondary N) is 2. The van der Waals surface area contributed by atoms with Crippen LogP contribution in [0.2, 0.25) is 5.02 Å². The molecular weight excluding hydrogens is 250 g/mol. The van der Waals surface area contributed by atoms with Crippen LogP contribution in [0, 0.1) is 0 Å². The third-order valence-electron chi connectivity index (χ3n) is 2.41. The van der Waals surface area contributed by atoms with E-state index in [1.165, 1.54) is 0 Å². The number of amides is 1. The van der Waals surface area contributed by atoms with Gasteiger partial charge < -0.3 is 15.5 Å². The number of carbonyl (C=O) groups excluding carboxylic acids is 1. The fourth-order valence-electron chi connectivity index (χ4n) is 1.50. The highest BCUT2D eigenvalue weighted by Crippen LogP contribution is 2.25. The van der Waals surface area contributed by atoms with Gasteiger partial charge in [0.2, 0.25) is 5.91 Å². The van der Waals surface area contributed by atoms with Crippen molar-refractivity contribution in [3.05, 3.63) is 23.2 Å². The van der Waals surface area contributed by atoms with E-state index in [-0.39, 0.29) is 5.91 Å². The first kappa shape index (κ1) is 14.8. The van der Waals surface area contributed by atoms with E-state index in [1.807, 2.05) is 32.0 Å². The lowest BCUT2D eigenvalue weighted by molar-refractivity contribution is -0.116. The summed E-state index contributed by atoms with van der Waals surface area (Å²) in [6.45, 7) is 3.53. The van der Waals surface area contributed by atoms with E-state index < -0.39 is 0 Å². The lowest BCUT2D eigenvalue weighted by atomic mass is 10.2. The van der Waals surface area contributed by atoms with E-state index in [2.05, 4.69) is 10.6 Å². The van der Waals surface area contributed by atoms with Crippen LogP contribution in [-0.4, -0.2) is 38.0 Å². The number of carbonyl (C=O) groups is 1. The van der Waals surface area contributed by atoms with Crippen LogP contribution in [0.5, 0.6) is 0 Å². The number of benzene rings is 1. The maximum absolute atomic E-state index is 11.8. The molecule has 2 N–H and O–H groups in total. The summed E-state index contributed by atoms with van der Waals surface area (Å²) in [6.07, 6.45) is 0.463. The lowest BCUT2D eigenvalue weighted by Crippen LogP contribution is -2.21. The molecule has 1 rings (SSSR count). The van der Waals surface area contributed by atoms with Crippen molar-refractivity contribution in [2.45, 2.75) is 13.3 Å². The van der Waals surface area contributed by atoms with Gasteiger partial charge >= 0.3 is 0 Å². The van der Waals surface area contributed by atoms with Crippen molar-refractivity contribution in [3.63, 3.8) is 0 Å². The summed E-state index contributed by atoms with van der Waals surface area (Å²) >= 11 is 5.94. The van der Waals surface area contributed by atoms with Gasteiger partial charge in [0.25, 0.3) is 0 Å². The van der Waals surface area contributed by atoms with Crippen LogP contribution in [-0.2, 0) is 4.79 Å². The molecule has 0 aliphatic heterocycles. The number of rotatable bonds is 6. The highest BCUT2D eigenvalue weighted by Gasteiger charge is 2.07. The normalized spacial score (nSPS) is 10.5. The number of hydrogen-bond acceptors (Lipinski definition) is 3. The van der Waals surface area contributed by atoms with E-state index in [9.17, 15) is 4.79 Å². The van der Waals surface area contributed by atoms with Crippen molar-refractivity contribution in [2.24, 2.45) is 0 Å². The van der Waals surface area contributed by atoms with Gasteiger partial charge in [-0.2, -0.15) is 0 Å². The topological polar surface area (TPSA) is 44.4 Å². The zero-order valence-electron chi connectivity index (χ0n) is 11.1. The zero-order valence-corrected chi connectivity index (χ0v) is 11.8. The number of halogens is 1. The summed E-state index contributed by atoms with van der Waals surface area (Å²) in [5.74, 6) is -0.00915. The molecular formula is C13H20ClN3O. The van der Waals surface area contributed by atoms with Crippen LogP contribution in [0.25, 0.3) is 0 Å². The Kier molecular flexibility index (Phi) is 5.95. The lowest BCUT2D eigenvalue weighted by Gasteiger charge is -2.13. The first-order valence-electron chi connectivity index (χ1n) is 6.01. The molecule has 5 heteroatoms. The van der Waals surface area contributed by atoms with Gasteiger partial charge in [-0.15, -0.1) is 0 Å². The van der Waals surface area contributed by atoms with Gasteiger partial charge in [0.05, 0.1) is 11.4 Å². The molecule has 1 aromatic carbocycles. The molecule has 0 saturated carbocycles. The molecule has 0 bridgehead atoms. The van der Waals surface area contributed by atoms with Gasteiger partial charge in [-0.25, -0.2) is 0 Å². The van der Waals surface area contributed by atoms with Crippen LogP contribution in [0.15, 0.2) is 18.2 Å². The Balaban J connectivity index is 2.69. The Labute approximate surface area is 113 Å². The monoisotopic (exact) mass is 269 g/mol. The zero-order chi connectivity index (χ0) is 13.5. The Morgan fingerprint density at radius 2 is 2.06 bits per heavy atom. The van der Waals surface area contributed by atoms with E-state index in [4.69, 9.17) is 11.6 Å². The van der Waals surface area contributed by atoms with Crippen molar-refractivity contribution >= 4 is 28.9 Å². The smallest absolute Gasteiger partial charge is 0.225 e. The predicted octanol–water partition coefficient (Wildman–Crippen LogP) is 2.66. The Hall–Kier alpha value is -1.26. The molecule has 0 saturated heterocycles. The van der Waals surface area contributed by atoms with Crippen molar-refractivity contribution in [3.8, 4) is 0 Å². The quantitative estimate of drug-likeness (QED) is 0.835. The fourth-order valence-corrected chi connectivity index (χ4v) is 1.67. The average molecular weight is 270 g/mol. The Bertz CT molecular complexity index is 407. The SMILES string of the molecule is CCNc1ccc(Cl)cc1NC(=O)CCN(C)C. The van der Waals surface area contributed by atoms with Crippen LogP contribution in [0.3, 0.4) is 0 Å². The Morgan fingerprint density at radius 1 is 1.33 bits per heavy atom. The minimum Gasteiger partial charge on any atom is -0.384 e. The van der Waals surface area contributed by atoms with Crippen LogP contribution >= 0.6 is 11.6 Å². The average Bonchev–Trinajstić information content (AvgIpc) is 2.30. The number of hydrogen-bond donors (Lipinski definition) is 2. The summed E-state index contributed by atoms with van der Waals surface area (Å²) in [4.78, 5) is 13.8. The first-order chi connectivity index (χ1) is 8.52. The molecule has 1 amide bonds. The maximum Gasteiger partial charge on any atom is 0.225 e. The number of nitrogens with zero attached hydrogens (tertiary/aromatic N) is 1. The van der Waals surface area contributed by atoms with Crippen molar-refractivity contribution in [1.29, 1.82) is 0 Å². The standard InChI is InChI=1S/C13H20ClN3O/c1-4-15-11-6-5-10(14)9-12(11)16-13(18)7-8-17(2)3/h5-6,9,15H,4,7-8H2,1-3H3,(H,16,18). The molecule has 0 heterocycles. The summed E-state index contributed by atoms with van der Waals surface area (Å²) in [6, 6.07) is 5.43. The van der Waals surface area contributed by atoms with Gasteiger partial charge in [0.15, 0.2) is 0 Å². The van der Waals surface area contributed by atoms with Crippen LogP contribution in [0.4, 0.5) is 11.4 Å². The molecule has 0 aromatic heterocycles.